The van der Waals surface area contributed by atoms with Crippen molar-refractivity contribution in [3.05, 3.63) is 65.7 Å². The van der Waals surface area contributed by atoms with Gasteiger partial charge in [0.2, 0.25) is 0 Å². The highest BCUT2D eigenvalue weighted by Crippen LogP contribution is 2.26. The highest BCUT2D eigenvalue weighted by atomic mass is 16.5. The van der Waals surface area contributed by atoms with Crippen LogP contribution in [-0.4, -0.2) is 17.6 Å². The third-order valence-corrected chi connectivity index (χ3v) is 3.52. The Morgan fingerprint density at radius 2 is 1.86 bits per heavy atom. The summed E-state index contributed by atoms with van der Waals surface area (Å²) in [6, 6.07) is 17.6. The van der Waals surface area contributed by atoms with Crippen molar-refractivity contribution < 1.29 is 9.53 Å². The van der Waals surface area contributed by atoms with E-state index in [-0.39, 0.29) is 5.97 Å². The van der Waals surface area contributed by atoms with E-state index in [0.29, 0.717) is 17.9 Å². The zero-order chi connectivity index (χ0) is 15.5. The van der Waals surface area contributed by atoms with Gasteiger partial charge in [-0.05, 0) is 31.5 Å². The van der Waals surface area contributed by atoms with E-state index in [1.807, 2.05) is 61.5 Å². The Balaban J connectivity index is 2.26. The number of fused-ring (bicyclic) bond motifs is 1. The Kier molecular flexibility index (Phi) is 3.88. The number of pyridine rings is 1. The Morgan fingerprint density at radius 3 is 2.59 bits per heavy atom. The molecule has 3 rings (SSSR count). The number of carbonyl (C=O) groups is 1. The van der Waals surface area contributed by atoms with E-state index in [4.69, 9.17) is 9.72 Å². The minimum atomic E-state index is -0.337. The summed E-state index contributed by atoms with van der Waals surface area (Å²) in [6.45, 7) is 4.18. The summed E-state index contributed by atoms with van der Waals surface area (Å²) in [4.78, 5) is 17.0. The van der Waals surface area contributed by atoms with Gasteiger partial charge in [0, 0.05) is 10.9 Å². The maximum atomic E-state index is 12.3. The number of benzene rings is 2. The molecule has 0 aliphatic carbocycles. The average Bonchev–Trinajstić information content (AvgIpc) is 2.54. The van der Waals surface area contributed by atoms with Crippen molar-refractivity contribution in [1.82, 2.24) is 4.98 Å². The van der Waals surface area contributed by atoms with E-state index in [0.717, 1.165) is 22.0 Å². The summed E-state index contributed by atoms with van der Waals surface area (Å²) >= 11 is 0. The molecular weight excluding hydrogens is 274 g/mol. The van der Waals surface area contributed by atoms with Gasteiger partial charge in [-0.3, -0.25) is 0 Å². The van der Waals surface area contributed by atoms with E-state index in [9.17, 15) is 4.79 Å². The van der Waals surface area contributed by atoms with Gasteiger partial charge in [0.25, 0.3) is 0 Å². The van der Waals surface area contributed by atoms with Crippen molar-refractivity contribution >= 4 is 16.9 Å². The van der Waals surface area contributed by atoms with Gasteiger partial charge < -0.3 is 4.74 Å². The lowest BCUT2D eigenvalue weighted by molar-refractivity contribution is 0.0527. The number of hydrogen-bond donors (Lipinski definition) is 0. The van der Waals surface area contributed by atoms with Crippen molar-refractivity contribution in [3.8, 4) is 11.3 Å². The molecule has 2 aromatic carbocycles. The van der Waals surface area contributed by atoms with Gasteiger partial charge in [-0.2, -0.15) is 0 Å². The zero-order valence-corrected chi connectivity index (χ0v) is 12.7. The monoisotopic (exact) mass is 291 g/mol. The van der Waals surface area contributed by atoms with E-state index in [1.165, 1.54) is 0 Å². The smallest absolute Gasteiger partial charge is 0.340 e. The molecule has 3 aromatic rings. The second kappa shape index (κ2) is 5.98. The average molecular weight is 291 g/mol. The quantitative estimate of drug-likeness (QED) is 0.672. The molecular formula is C19H17NO2. The number of ether oxygens (including phenoxy) is 1. The minimum absolute atomic E-state index is 0.337. The van der Waals surface area contributed by atoms with E-state index >= 15 is 0 Å². The number of aryl methyl sites for hydroxylation is 1. The summed E-state index contributed by atoms with van der Waals surface area (Å²) < 4.78 is 5.18. The Labute approximate surface area is 129 Å². The Bertz CT molecular complexity index is 825. The fraction of sp³-hybridized carbons (Fsp3) is 0.158. The van der Waals surface area contributed by atoms with Crippen LogP contribution in [0.3, 0.4) is 0 Å². The number of aromatic nitrogens is 1. The molecule has 0 radical (unpaired) electrons. The summed E-state index contributed by atoms with van der Waals surface area (Å²) in [5, 5.41) is 0.938. The number of nitrogens with zero attached hydrogens (tertiary/aromatic N) is 1. The van der Waals surface area contributed by atoms with E-state index in [2.05, 4.69) is 0 Å². The number of rotatable bonds is 3. The van der Waals surface area contributed by atoms with Crippen molar-refractivity contribution in [2.75, 3.05) is 6.61 Å². The number of hydrogen-bond acceptors (Lipinski definition) is 3. The van der Waals surface area contributed by atoms with Gasteiger partial charge in [-0.1, -0.05) is 42.5 Å². The van der Waals surface area contributed by atoms with Crippen LogP contribution in [0.5, 0.6) is 0 Å². The molecule has 0 fully saturated rings. The van der Waals surface area contributed by atoms with Crippen LogP contribution in [0.15, 0.2) is 54.6 Å². The highest BCUT2D eigenvalue weighted by Gasteiger charge is 2.16. The van der Waals surface area contributed by atoms with Gasteiger partial charge in [-0.15, -0.1) is 0 Å². The van der Waals surface area contributed by atoms with Gasteiger partial charge in [-0.25, -0.2) is 9.78 Å². The fourth-order valence-electron chi connectivity index (χ4n) is 2.46. The lowest BCUT2D eigenvalue weighted by Crippen LogP contribution is -2.08. The molecule has 0 aliphatic rings. The molecule has 0 spiro atoms. The summed E-state index contributed by atoms with van der Waals surface area (Å²) in [5.41, 5.74) is 4.10. The maximum absolute atomic E-state index is 12.3. The summed E-state index contributed by atoms with van der Waals surface area (Å²) in [5.74, 6) is -0.337. The molecule has 0 atom stereocenters. The zero-order valence-electron chi connectivity index (χ0n) is 12.7. The minimum Gasteiger partial charge on any atom is -0.462 e. The number of esters is 1. The van der Waals surface area contributed by atoms with E-state index < -0.39 is 0 Å². The second-order valence-electron chi connectivity index (χ2n) is 5.17. The largest absolute Gasteiger partial charge is 0.462 e. The van der Waals surface area contributed by atoms with Crippen LogP contribution in [0.1, 0.15) is 22.8 Å². The molecule has 22 heavy (non-hydrogen) atoms. The van der Waals surface area contributed by atoms with Crippen LogP contribution >= 0.6 is 0 Å². The molecule has 1 heterocycles. The summed E-state index contributed by atoms with van der Waals surface area (Å²) in [6.07, 6.45) is 0. The lowest BCUT2D eigenvalue weighted by atomic mass is 10.0. The highest BCUT2D eigenvalue weighted by molar-refractivity contribution is 6.00. The predicted octanol–water partition coefficient (Wildman–Crippen LogP) is 4.39. The van der Waals surface area contributed by atoms with Crippen LogP contribution in [0.2, 0.25) is 0 Å². The molecule has 0 N–H and O–H groups in total. The van der Waals surface area contributed by atoms with Crippen molar-refractivity contribution in [2.24, 2.45) is 0 Å². The number of carbonyl (C=O) groups excluding carboxylic acids is 1. The molecule has 0 unspecified atom stereocenters. The van der Waals surface area contributed by atoms with Crippen LogP contribution < -0.4 is 0 Å². The van der Waals surface area contributed by atoms with Crippen molar-refractivity contribution in [3.63, 3.8) is 0 Å². The normalized spacial score (nSPS) is 10.6. The molecule has 0 aliphatic heterocycles. The molecule has 0 amide bonds. The molecule has 3 nitrogen and oxygen atoms in total. The first kappa shape index (κ1) is 14.3. The van der Waals surface area contributed by atoms with Crippen molar-refractivity contribution in [2.45, 2.75) is 13.8 Å². The molecule has 1 aromatic heterocycles. The molecule has 0 saturated heterocycles. The maximum Gasteiger partial charge on any atom is 0.340 e. The van der Waals surface area contributed by atoms with Gasteiger partial charge in [0.1, 0.15) is 0 Å². The fourth-order valence-corrected chi connectivity index (χ4v) is 2.46. The van der Waals surface area contributed by atoms with Crippen LogP contribution in [0.4, 0.5) is 0 Å². The van der Waals surface area contributed by atoms with Gasteiger partial charge in [0.15, 0.2) is 0 Å². The van der Waals surface area contributed by atoms with Crippen LogP contribution in [0, 0.1) is 6.92 Å². The van der Waals surface area contributed by atoms with Crippen LogP contribution in [0.25, 0.3) is 22.2 Å². The first-order valence-electron chi connectivity index (χ1n) is 7.33. The van der Waals surface area contributed by atoms with Crippen molar-refractivity contribution in [1.29, 1.82) is 0 Å². The second-order valence-corrected chi connectivity index (χ2v) is 5.17. The molecule has 3 heteroatoms. The molecule has 110 valence electrons. The summed E-state index contributed by atoms with van der Waals surface area (Å²) in [7, 11) is 0. The third-order valence-electron chi connectivity index (χ3n) is 3.52. The predicted molar refractivity (Wildman–Crippen MR) is 87.9 cm³/mol. The Morgan fingerprint density at radius 1 is 1.09 bits per heavy atom. The lowest BCUT2D eigenvalue weighted by Gasteiger charge is -2.10. The first-order chi connectivity index (χ1) is 10.7. The molecule has 0 saturated carbocycles. The SMILES string of the molecule is CCOC(=O)c1cc2ccc(C)cc2nc1-c1ccccc1. The van der Waals surface area contributed by atoms with Gasteiger partial charge >= 0.3 is 5.97 Å². The van der Waals surface area contributed by atoms with E-state index in [1.54, 1.807) is 6.92 Å². The first-order valence-corrected chi connectivity index (χ1v) is 7.33. The topological polar surface area (TPSA) is 39.2 Å². The Hall–Kier alpha value is -2.68. The third kappa shape index (κ3) is 2.70. The van der Waals surface area contributed by atoms with Crippen LogP contribution in [-0.2, 0) is 4.74 Å². The molecule has 0 bridgehead atoms. The standard InChI is InChI=1S/C19H17NO2/c1-3-22-19(21)16-12-15-10-9-13(2)11-17(15)20-18(16)14-7-5-4-6-8-14/h4-12H,3H2,1-2H3. The van der Waals surface area contributed by atoms with Gasteiger partial charge in [0.05, 0.1) is 23.4 Å².